The van der Waals surface area contributed by atoms with Crippen LogP contribution in [0.15, 0.2) is 65.3 Å². The van der Waals surface area contributed by atoms with Gasteiger partial charge in [0.15, 0.2) is 5.76 Å². The molecule has 1 heterocycles. The Bertz CT molecular complexity index is 990. The molecule has 26 heavy (non-hydrogen) atoms. The van der Waals surface area contributed by atoms with Gasteiger partial charge in [0.25, 0.3) is 11.8 Å². The van der Waals surface area contributed by atoms with Crippen LogP contribution in [0.4, 0.5) is 11.4 Å². The predicted molar refractivity (Wildman–Crippen MR) is 97.2 cm³/mol. The van der Waals surface area contributed by atoms with Crippen molar-refractivity contribution in [2.45, 2.75) is 0 Å². The van der Waals surface area contributed by atoms with E-state index in [0.717, 1.165) is 0 Å². The molecule has 2 aromatic carbocycles. The summed E-state index contributed by atoms with van der Waals surface area (Å²) in [6, 6.07) is 16.2. The number of anilines is 2. The Morgan fingerprint density at radius 2 is 1.65 bits per heavy atom. The van der Waals surface area contributed by atoms with E-state index in [1.807, 2.05) is 6.07 Å². The number of furan rings is 1. The lowest BCUT2D eigenvalue weighted by atomic mass is 10.1. The van der Waals surface area contributed by atoms with Gasteiger partial charge in [-0.2, -0.15) is 5.26 Å². The molecular formula is C19H12ClN3O3. The first kappa shape index (κ1) is 17.3. The van der Waals surface area contributed by atoms with E-state index >= 15 is 0 Å². The van der Waals surface area contributed by atoms with Gasteiger partial charge in [0.1, 0.15) is 6.07 Å². The number of nitrogens with zero attached hydrogens (tertiary/aromatic N) is 1. The molecule has 0 atom stereocenters. The fraction of sp³-hybridized carbons (Fsp3) is 0. The highest BCUT2D eigenvalue weighted by Gasteiger charge is 2.11. The molecule has 0 saturated heterocycles. The molecule has 2 N–H and O–H groups in total. The number of rotatable bonds is 4. The van der Waals surface area contributed by atoms with Gasteiger partial charge < -0.3 is 15.1 Å². The summed E-state index contributed by atoms with van der Waals surface area (Å²) in [7, 11) is 0. The van der Waals surface area contributed by atoms with E-state index in [9.17, 15) is 9.59 Å². The quantitative estimate of drug-likeness (QED) is 0.720. The van der Waals surface area contributed by atoms with Crippen LogP contribution in [0.25, 0.3) is 0 Å². The van der Waals surface area contributed by atoms with Crippen molar-refractivity contribution in [1.29, 1.82) is 5.26 Å². The Kier molecular flexibility index (Phi) is 5.02. The second kappa shape index (κ2) is 7.55. The maximum absolute atomic E-state index is 12.3. The van der Waals surface area contributed by atoms with E-state index in [-0.39, 0.29) is 22.6 Å². The van der Waals surface area contributed by atoms with Gasteiger partial charge in [0, 0.05) is 16.9 Å². The van der Waals surface area contributed by atoms with E-state index in [1.54, 1.807) is 42.5 Å². The molecule has 0 saturated carbocycles. The number of nitrogens with one attached hydrogen (secondary N) is 2. The third-order valence-electron chi connectivity index (χ3n) is 3.50. The highest BCUT2D eigenvalue weighted by atomic mass is 35.5. The molecule has 7 heteroatoms. The highest BCUT2D eigenvalue weighted by molar-refractivity contribution is 6.32. The summed E-state index contributed by atoms with van der Waals surface area (Å²) in [6.07, 6.45) is 1.41. The third-order valence-corrected chi connectivity index (χ3v) is 3.81. The van der Waals surface area contributed by atoms with Crippen LogP contribution >= 0.6 is 11.6 Å². The Hall–Kier alpha value is -3.56. The lowest BCUT2D eigenvalue weighted by molar-refractivity contribution is 0.0995. The largest absolute Gasteiger partial charge is 0.459 e. The minimum Gasteiger partial charge on any atom is -0.459 e. The van der Waals surface area contributed by atoms with E-state index in [1.165, 1.54) is 18.4 Å². The van der Waals surface area contributed by atoms with Gasteiger partial charge >= 0.3 is 0 Å². The van der Waals surface area contributed by atoms with Crippen molar-refractivity contribution < 1.29 is 14.0 Å². The smallest absolute Gasteiger partial charge is 0.291 e. The van der Waals surface area contributed by atoms with Crippen LogP contribution in [0.5, 0.6) is 0 Å². The minimum absolute atomic E-state index is 0.199. The van der Waals surface area contributed by atoms with Crippen molar-refractivity contribution >= 4 is 34.8 Å². The van der Waals surface area contributed by atoms with Crippen LogP contribution in [0.3, 0.4) is 0 Å². The molecule has 0 aliphatic rings. The molecule has 1 aromatic heterocycles. The van der Waals surface area contributed by atoms with Crippen molar-refractivity contribution in [3.8, 4) is 6.07 Å². The van der Waals surface area contributed by atoms with Crippen molar-refractivity contribution in [1.82, 2.24) is 0 Å². The molecule has 128 valence electrons. The zero-order valence-electron chi connectivity index (χ0n) is 13.3. The topological polar surface area (TPSA) is 95.1 Å². The second-order valence-corrected chi connectivity index (χ2v) is 5.68. The number of carbonyl (C=O) groups is 2. The van der Waals surface area contributed by atoms with Crippen LogP contribution in [-0.4, -0.2) is 11.8 Å². The number of hydrogen-bond acceptors (Lipinski definition) is 4. The third kappa shape index (κ3) is 3.91. The molecule has 0 spiro atoms. The first-order valence-electron chi connectivity index (χ1n) is 7.53. The van der Waals surface area contributed by atoms with E-state index in [2.05, 4.69) is 10.6 Å². The zero-order chi connectivity index (χ0) is 18.5. The molecule has 3 rings (SSSR count). The van der Waals surface area contributed by atoms with Gasteiger partial charge in [0.2, 0.25) is 0 Å². The van der Waals surface area contributed by atoms with E-state index in [4.69, 9.17) is 21.3 Å². The van der Waals surface area contributed by atoms with Crippen molar-refractivity contribution in [2.75, 3.05) is 10.6 Å². The normalized spacial score (nSPS) is 10.0. The Morgan fingerprint density at radius 1 is 0.962 bits per heavy atom. The standard InChI is InChI=1S/C19H12ClN3O3/c20-16-10-15(8-5-13(16)11-21)23-18(24)12-3-6-14(7-4-12)22-19(25)17-2-1-9-26-17/h1-10H,(H,22,25)(H,23,24). The SMILES string of the molecule is N#Cc1ccc(NC(=O)c2ccc(NC(=O)c3ccco3)cc2)cc1Cl. The Morgan fingerprint density at radius 3 is 2.27 bits per heavy atom. The molecule has 2 amide bonds. The predicted octanol–water partition coefficient (Wildman–Crippen LogP) is 4.31. The number of nitriles is 1. The van der Waals surface area contributed by atoms with Crippen LogP contribution in [0, 0.1) is 11.3 Å². The molecule has 0 aliphatic carbocycles. The van der Waals surface area contributed by atoms with Gasteiger partial charge in [-0.05, 0) is 54.6 Å². The van der Waals surface area contributed by atoms with Gasteiger partial charge in [0.05, 0.1) is 16.8 Å². The summed E-state index contributed by atoms with van der Waals surface area (Å²) >= 11 is 5.95. The molecule has 6 nitrogen and oxygen atoms in total. The first-order valence-corrected chi connectivity index (χ1v) is 7.90. The minimum atomic E-state index is -0.376. The summed E-state index contributed by atoms with van der Waals surface area (Å²) in [5.41, 5.74) is 1.75. The number of carbonyl (C=O) groups excluding carboxylic acids is 2. The number of halogens is 1. The van der Waals surface area contributed by atoms with E-state index < -0.39 is 0 Å². The van der Waals surface area contributed by atoms with Crippen molar-refractivity contribution in [3.63, 3.8) is 0 Å². The fourth-order valence-electron chi connectivity index (χ4n) is 2.19. The first-order chi connectivity index (χ1) is 12.6. The maximum atomic E-state index is 12.3. The molecule has 3 aromatic rings. The molecule has 0 bridgehead atoms. The highest BCUT2D eigenvalue weighted by Crippen LogP contribution is 2.21. The van der Waals surface area contributed by atoms with E-state index in [0.29, 0.717) is 22.5 Å². The average molecular weight is 366 g/mol. The molecule has 0 fully saturated rings. The van der Waals surface area contributed by atoms with Gasteiger partial charge in [-0.3, -0.25) is 9.59 Å². The van der Waals surface area contributed by atoms with Gasteiger partial charge in [-0.25, -0.2) is 0 Å². The van der Waals surface area contributed by atoms with Gasteiger partial charge in [-0.1, -0.05) is 11.6 Å². The summed E-state index contributed by atoms with van der Waals surface area (Å²) in [5, 5.41) is 14.5. The molecule has 0 aliphatic heterocycles. The Labute approximate surface area is 154 Å². The lowest BCUT2D eigenvalue weighted by Crippen LogP contribution is -2.13. The second-order valence-electron chi connectivity index (χ2n) is 5.27. The van der Waals surface area contributed by atoms with Crippen molar-refractivity contribution in [3.05, 3.63) is 82.8 Å². The summed E-state index contributed by atoms with van der Waals surface area (Å²) in [4.78, 5) is 24.2. The van der Waals surface area contributed by atoms with Crippen LogP contribution < -0.4 is 10.6 Å². The summed E-state index contributed by atoms with van der Waals surface area (Å²) in [5.74, 6) is -0.515. The Balaban J connectivity index is 1.66. The number of amides is 2. The number of hydrogen-bond donors (Lipinski definition) is 2. The fourth-order valence-corrected chi connectivity index (χ4v) is 2.41. The lowest BCUT2D eigenvalue weighted by Gasteiger charge is -2.08. The van der Waals surface area contributed by atoms with Crippen molar-refractivity contribution in [2.24, 2.45) is 0 Å². The summed E-state index contributed by atoms with van der Waals surface area (Å²) in [6.45, 7) is 0. The maximum Gasteiger partial charge on any atom is 0.291 e. The summed E-state index contributed by atoms with van der Waals surface area (Å²) < 4.78 is 5.01. The molecular weight excluding hydrogens is 354 g/mol. The van der Waals surface area contributed by atoms with Gasteiger partial charge in [-0.15, -0.1) is 0 Å². The van der Waals surface area contributed by atoms with Crippen LogP contribution in [0.2, 0.25) is 5.02 Å². The van der Waals surface area contributed by atoms with Crippen LogP contribution in [-0.2, 0) is 0 Å². The number of benzene rings is 2. The monoisotopic (exact) mass is 365 g/mol. The zero-order valence-corrected chi connectivity index (χ0v) is 14.1. The average Bonchev–Trinajstić information content (AvgIpc) is 3.17. The van der Waals surface area contributed by atoms with Crippen LogP contribution in [0.1, 0.15) is 26.5 Å². The molecule has 0 unspecified atom stereocenters. The molecule has 0 radical (unpaired) electrons.